The van der Waals surface area contributed by atoms with Gasteiger partial charge in [-0.3, -0.25) is 19.3 Å². The lowest BCUT2D eigenvalue weighted by atomic mass is 10.1. The quantitative estimate of drug-likeness (QED) is 0.0185. The van der Waals surface area contributed by atoms with Gasteiger partial charge < -0.3 is 56.8 Å². The molecule has 2 amide bonds. The van der Waals surface area contributed by atoms with Crippen molar-refractivity contribution in [2.24, 2.45) is 0 Å². The Bertz CT molecular complexity index is 1500. The molecule has 0 aromatic heterocycles. The number of imide groups is 1. The average Bonchev–Trinajstić information content (AvgIpc) is 3.49. The van der Waals surface area contributed by atoms with E-state index in [1.165, 1.54) is 4.90 Å². The fourth-order valence-corrected chi connectivity index (χ4v) is 4.89. The van der Waals surface area contributed by atoms with Crippen molar-refractivity contribution in [2.45, 2.75) is 6.42 Å². The van der Waals surface area contributed by atoms with E-state index in [4.69, 9.17) is 52.1 Å². The molecule has 0 N–H and O–H groups in total. The van der Waals surface area contributed by atoms with Crippen molar-refractivity contribution < 1.29 is 93.2 Å². The van der Waals surface area contributed by atoms with Gasteiger partial charge in [0, 0.05) is 0 Å². The van der Waals surface area contributed by atoms with E-state index in [0.717, 1.165) is 0 Å². The second-order valence-electron chi connectivity index (χ2n) is 12.2. The summed E-state index contributed by atoms with van der Waals surface area (Å²) in [7, 11) is 0. The highest BCUT2D eigenvalue weighted by molar-refractivity contribution is 6.21. The lowest BCUT2D eigenvalue weighted by molar-refractivity contribution is -0.136. The van der Waals surface area contributed by atoms with Crippen LogP contribution in [0.1, 0.15) is 27.1 Å². The smallest absolute Gasteiger partial charge is 0.313 e. The summed E-state index contributed by atoms with van der Waals surface area (Å²) in [5.74, 6) is -14.8. The van der Waals surface area contributed by atoms with Crippen LogP contribution in [-0.2, 0) is 56.9 Å². The summed E-state index contributed by atoms with van der Waals surface area (Å²) in [4.78, 5) is 37.5. The number of esters is 1. The van der Waals surface area contributed by atoms with E-state index in [2.05, 4.69) is 4.74 Å². The van der Waals surface area contributed by atoms with Crippen LogP contribution in [0.15, 0.2) is 24.3 Å². The van der Waals surface area contributed by atoms with Gasteiger partial charge in [-0.05, 0) is 12.1 Å². The number of benzene rings is 2. The summed E-state index contributed by atoms with van der Waals surface area (Å²) in [6.07, 6.45) is -0.495. The predicted octanol–water partition coefficient (Wildman–Crippen LogP) is 3.16. The predicted molar refractivity (Wildman–Crippen MR) is 197 cm³/mol. The summed E-state index contributed by atoms with van der Waals surface area (Å²) < 4.78 is 130. The Morgan fingerprint density at radius 1 is 0.400 bits per heavy atom. The average molecular weight is 870 g/mol. The standard InChI is InChI=1S/C39H52F5NO15/c40-32-33(41)35(43)37(36(44)34(32)42)60-31(46)5-7-49-9-11-51-13-15-53-17-19-55-21-23-57-25-27-59-28-26-58-24-22-56-20-18-54-16-14-52-12-10-50-8-6-45-38(47)29-3-1-2-4-30(29)39(45)48/h1-4H,5-28H2. The Hall–Kier alpha value is -3.74. The van der Waals surface area contributed by atoms with Crippen molar-refractivity contribution in [3.05, 3.63) is 64.5 Å². The summed E-state index contributed by atoms with van der Waals surface area (Å²) in [6, 6.07) is 6.75. The summed E-state index contributed by atoms with van der Waals surface area (Å²) >= 11 is 0. The number of carbonyl (C=O) groups excluding carboxylic acids is 3. The number of rotatable bonds is 37. The van der Waals surface area contributed by atoms with Gasteiger partial charge in [0.05, 0.1) is 169 Å². The molecular formula is C39H52F5NO15. The molecule has 2 aromatic carbocycles. The Morgan fingerprint density at radius 3 is 0.983 bits per heavy atom. The molecular weight excluding hydrogens is 817 g/mol. The van der Waals surface area contributed by atoms with Gasteiger partial charge in [-0.2, -0.15) is 8.78 Å². The SMILES string of the molecule is O=C(CCOCCOCCOCCOCCOCCOCCOCCOCCOCCOCCOCCN1C(=O)c2ccccc2C1=O)Oc1c(F)c(F)c(F)c(F)c1F. The molecule has 1 aliphatic heterocycles. The van der Waals surface area contributed by atoms with Gasteiger partial charge in [0.1, 0.15) is 0 Å². The summed E-state index contributed by atoms with van der Waals surface area (Å²) in [5, 5.41) is 0. The van der Waals surface area contributed by atoms with E-state index < -0.39 is 47.2 Å². The van der Waals surface area contributed by atoms with E-state index in [1.807, 2.05) is 0 Å². The molecule has 16 nitrogen and oxygen atoms in total. The Balaban J connectivity index is 0.935. The van der Waals surface area contributed by atoms with E-state index in [-0.39, 0.29) is 51.4 Å². The van der Waals surface area contributed by atoms with Gasteiger partial charge in [-0.15, -0.1) is 0 Å². The van der Waals surface area contributed by atoms with Gasteiger partial charge in [0.25, 0.3) is 11.8 Å². The monoisotopic (exact) mass is 869 g/mol. The Kier molecular flexibility index (Phi) is 26.3. The molecule has 60 heavy (non-hydrogen) atoms. The molecule has 0 radical (unpaired) electrons. The van der Waals surface area contributed by atoms with Crippen molar-refractivity contribution in [3.8, 4) is 5.75 Å². The van der Waals surface area contributed by atoms with Crippen LogP contribution in [0.4, 0.5) is 22.0 Å². The maximum absolute atomic E-state index is 13.6. The fourth-order valence-electron chi connectivity index (χ4n) is 4.89. The van der Waals surface area contributed by atoms with Crippen molar-refractivity contribution in [1.29, 1.82) is 0 Å². The minimum atomic E-state index is -2.35. The van der Waals surface area contributed by atoms with Crippen molar-refractivity contribution >= 4 is 17.8 Å². The molecule has 0 unspecified atom stereocenters. The van der Waals surface area contributed by atoms with E-state index in [1.54, 1.807) is 24.3 Å². The molecule has 0 bridgehead atoms. The molecule has 0 atom stereocenters. The van der Waals surface area contributed by atoms with Gasteiger partial charge >= 0.3 is 5.97 Å². The third kappa shape index (κ3) is 19.3. The lowest BCUT2D eigenvalue weighted by Crippen LogP contribution is -2.33. The van der Waals surface area contributed by atoms with Gasteiger partial charge in [0.2, 0.25) is 34.8 Å². The number of nitrogens with zero attached hydrogens (tertiary/aromatic N) is 1. The molecule has 3 rings (SSSR count). The van der Waals surface area contributed by atoms with Crippen LogP contribution in [0.25, 0.3) is 0 Å². The molecule has 2 aromatic rings. The first kappa shape index (κ1) is 50.6. The fraction of sp³-hybridized carbons (Fsp3) is 0.615. The van der Waals surface area contributed by atoms with Crippen LogP contribution < -0.4 is 4.74 Å². The molecule has 0 spiro atoms. The molecule has 1 heterocycles. The van der Waals surface area contributed by atoms with Gasteiger partial charge in [-0.25, -0.2) is 13.2 Å². The first-order valence-corrected chi connectivity index (χ1v) is 19.3. The first-order valence-electron chi connectivity index (χ1n) is 19.3. The molecule has 0 fully saturated rings. The number of carbonyl (C=O) groups is 3. The van der Waals surface area contributed by atoms with Crippen molar-refractivity contribution in [3.63, 3.8) is 0 Å². The second-order valence-corrected chi connectivity index (χ2v) is 12.2. The zero-order chi connectivity index (χ0) is 43.2. The number of halogens is 5. The topological polar surface area (TPSA) is 165 Å². The number of amides is 2. The van der Waals surface area contributed by atoms with E-state index >= 15 is 0 Å². The van der Waals surface area contributed by atoms with E-state index in [9.17, 15) is 36.3 Å². The van der Waals surface area contributed by atoms with Gasteiger partial charge in [-0.1, -0.05) is 12.1 Å². The Morgan fingerprint density at radius 2 is 0.667 bits per heavy atom. The molecule has 0 saturated heterocycles. The zero-order valence-electron chi connectivity index (χ0n) is 33.2. The minimum absolute atomic E-state index is 0.0705. The first-order chi connectivity index (χ1) is 29.2. The van der Waals surface area contributed by atoms with Crippen LogP contribution in [-0.4, -0.2) is 175 Å². The number of hydrogen-bond acceptors (Lipinski definition) is 15. The van der Waals surface area contributed by atoms with Crippen LogP contribution in [0.3, 0.4) is 0 Å². The summed E-state index contributed by atoms with van der Waals surface area (Å²) in [5.41, 5.74) is 0.844. The number of ether oxygens (including phenoxy) is 12. The highest BCUT2D eigenvalue weighted by Gasteiger charge is 2.34. The molecule has 21 heteroatoms. The lowest BCUT2D eigenvalue weighted by Gasteiger charge is -2.13. The van der Waals surface area contributed by atoms with Crippen molar-refractivity contribution in [1.82, 2.24) is 4.90 Å². The largest absolute Gasteiger partial charge is 0.420 e. The highest BCUT2D eigenvalue weighted by Crippen LogP contribution is 2.29. The maximum Gasteiger partial charge on any atom is 0.313 e. The van der Waals surface area contributed by atoms with Crippen molar-refractivity contribution in [2.75, 3.05) is 152 Å². The number of hydrogen-bond donors (Lipinski definition) is 0. The third-order valence-electron chi connectivity index (χ3n) is 7.89. The van der Waals surface area contributed by atoms with E-state index in [0.29, 0.717) is 123 Å². The Labute approximate surface area is 344 Å². The molecule has 0 aliphatic carbocycles. The molecule has 338 valence electrons. The summed E-state index contributed by atoms with van der Waals surface area (Å²) in [6.45, 7) is 7.35. The van der Waals surface area contributed by atoms with Gasteiger partial charge in [0.15, 0.2) is 0 Å². The molecule has 1 aliphatic rings. The highest BCUT2D eigenvalue weighted by atomic mass is 19.2. The van der Waals surface area contributed by atoms with Crippen LogP contribution >= 0.6 is 0 Å². The van der Waals surface area contributed by atoms with Crippen LogP contribution in [0.2, 0.25) is 0 Å². The molecule has 0 saturated carbocycles. The normalized spacial score (nSPS) is 12.5. The maximum atomic E-state index is 13.6. The second kappa shape index (κ2) is 31.2. The third-order valence-corrected chi connectivity index (χ3v) is 7.89. The minimum Gasteiger partial charge on any atom is -0.420 e. The number of fused-ring (bicyclic) bond motifs is 1. The van der Waals surface area contributed by atoms with Crippen LogP contribution in [0, 0.1) is 29.1 Å². The zero-order valence-corrected chi connectivity index (χ0v) is 33.2. The van der Waals surface area contributed by atoms with Crippen LogP contribution in [0.5, 0.6) is 5.75 Å².